The van der Waals surface area contributed by atoms with E-state index in [1.807, 2.05) is 13.8 Å². The Bertz CT molecular complexity index is 175. The molecule has 3 heteroatoms. The second-order valence-corrected chi connectivity index (χ2v) is 3.74. The van der Waals surface area contributed by atoms with E-state index in [1.54, 1.807) is 0 Å². The van der Waals surface area contributed by atoms with E-state index in [4.69, 9.17) is 5.11 Å². The largest absolute Gasteiger partial charge is 0.394 e. The molecule has 1 aliphatic rings. The van der Waals surface area contributed by atoms with Crippen molar-refractivity contribution in [2.45, 2.75) is 38.6 Å². The fourth-order valence-corrected chi connectivity index (χ4v) is 1.04. The number of amides is 1. The van der Waals surface area contributed by atoms with Gasteiger partial charge >= 0.3 is 0 Å². The number of carbonyl (C=O) groups is 1. The van der Waals surface area contributed by atoms with Gasteiger partial charge in [-0.3, -0.25) is 4.79 Å². The van der Waals surface area contributed by atoms with Gasteiger partial charge in [-0.1, -0.05) is 13.8 Å². The molecular formula is C9H17NO2. The van der Waals surface area contributed by atoms with Crippen LogP contribution in [0.25, 0.3) is 0 Å². The number of rotatable bonds is 4. The molecule has 1 aliphatic carbocycles. The van der Waals surface area contributed by atoms with Crippen molar-refractivity contribution in [2.75, 3.05) is 6.61 Å². The molecule has 1 saturated carbocycles. The van der Waals surface area contributed by atoms with E-state index in [0.717, 1.165) is 19.3 Å². The first-order chi connectivity index (χ1) is 5.63. The molecule has 3 nitrogen and oxygen atoms in total. The van der Waals surface area contributed by atoms with Crippen molar-refractivity contribution in [3.8, 4) is 0 Å². The van der Waals surface area contributed by atoms with Crippen LogP contribution in [-0.4, -0.2) is 23.2 Å². The van der Waals surface area contributed by atoms with Gasteiger partial charge in [-0.2, -0.15) is 0 Å². The molecule has 0 aromatic heterocycles. The van der Waals surface area contributed by atoms with Gasteiger partial charge in [0.2, 0.25) is 5.91 Å². The molecule has 1 fully saturated rings. The van der Waals surface area contributed by atoms with Crippen molar-refractivity contribution in [3.63, 3.8) is 0 Å². The third kappa shape index (κ3) is 1.97. The Kier molecular flexibility index (Phi) is 2.73. The first-order valence-corrected chi connectivity index (χ1v) is 4.56. The normalized spacial score (nSPS) is 21.6. The highest BCUT2D eigenvalue weighted by molar-refractivity contribution is 5.79. The molecular weight excluding hydrogens is 154 g/mol. The lowest BCUT2D eigenvalue weighted by atomic mass is 10.1. The second-order valence-electron chi connectivity index (χ2n) is 3.74. The van der Waals surface area contributed by atoms with E-state index < -0.39 is 0 Å². The van der Waals surface area contributed by atoms with Gasteiger partial charge in [0.1, 0.15) is 0 Å². The van der Waals surface area contributed by atoms with E-state index in [9.17, 15) is 4.79 Å². The number of aliphatic hydroxyl groups is 1. The summed E-state index contributed by atoms with van der Waals surface area (Å²) in [5.74, 6) is 0.137. The monoisotopic (exact) mass is 171 g/mol. The number of nitrogens with one attached hydrogen (secondary N) is 1. The smallest absolute Gasteiger partial charge is 0.223 e. The summed E-state index contributed by atoms with van der Waals surface area (Å²) in [5, 5.41) is 11.8. The van der Waals surface area contributed by atoms with Crippen molar-refractivity contribution < 1.29 is 9.90 Å². The maximum absolute atomic E-state index is 11.4. The van der Waals surface area contributed by atoms with Crippen LogP contribution in [0.4, 0.5) is 0 Å². The van der Waals surface area contributed by atoms with E-state index in [1.165, 1.54) is 0 Å². The molecule has 0 spiro atoms. The van der Waals surface area contributed by atoms with Crippen molar-refractivity contribution in [3.05, 3.63) is 0 Å². The van der Waals surface area contributed by atoms with Gasteiger partial charge in [0, 0.05) is 5.92 Å². The Morgan fingerprint density at radius 1 is 1.67 bits per heavy atom. The lowest BCUT2D eigenvalue weighted by Gasteiger charge is -2.17. The lowest BCUT2D eigenvalue weighted by molar-refractivity contribution is -0.125. The standard InChI is InChI=1S/C9H17NO2/c1-3-7(2)8(12)10-9(6-11)4-5-9/h7,11H,3-6H2,1-2H3,(H,10,12). The van der Waals surface area contributed by atoms with Crippen molar-refractivity contribution in [2.24, 2.45) is 5.92 Å². The Morgan fingerprint density at radius 2 is 2.25 bits per heavy atom. The van der Waals surface area contributed by atoms with Crippen LogP contribution in [-0.2, 0) is 4.79 Å². The van der Waals surface area contributed by atoms with Crippen LogP contribution in [0.1, 0.15) is 33.1 Å². The molecule has 0 aromatic carbocycles. The molecule has 0 heterocycles. The number of aliphatic hydroxyl groups excluding tert-OH is 1. The molecule has 70 valence electrons. The fourth-order valence-electron chi connectivity index (χ4n) is 1.04. The predicted molar refractivity (Wildman–Crippen MR) is 46.6 cm³/mol. The van der Waals surface area contributed by atoms with Crippen molar-refractivity contribution in [1.29, 1.82) is 0 Å². The van der Waals surface area contributed by atoms with Crippen LogP contribution in [0.5, 0.6) is 0 Å². The summed E-state index contributed by atoms with van der Waals surface area (Å²) >= 11 is 0. The van der Waals surface area contributed by atoms with Gasteiger partial charge in [-0.05, 0) is 19.3 Å². The number of hydrogen-bond acceptors (Lipinski definition) is 2. The summed E-state index contributed by atoms with van der Waals surface area (Å²) in [6.45, 7) is 3.97. The van der Waals surface area contributed by atoms with Crippen LogP contribution < -0.4 is 5.32 Å². The minimum absolute atomic E-state index is 0.0639. The first-order valence-electron chi connectivity index (χ1n) is 4.56. The van der Waals surface area contributed by atoms with E-state index in [-0.39, 0.29) is 24.0 Å². The first kappa shape index (κ1) is 9.52. The molecule has 1 unspecified atom stereocenters. The van der Waals surface area contributed by atoms with Crippen LogP contribution in [0, 0.1) is 5.92 Å². The maximum Gasteiger partial charge on any atom is 0.223 e. The Hall–Kier alpha value is -0.570. The zero-order valence-electron chi connectivity index (χ0n) is 7.76. The molecule has 2 N–H and O–H groups in total. The van der Waals surface area contributed by atoms with Crippen LogP contribution >= 0.6 is 0 Å². The van der Waals surface area contributed by atoms with Gasteiger partial charge in [-0.15, -0.1) is 0 Å². The highest BCUT2D eigenvalue weighted by Gasteiger charge is 2.43. The average molecular weight is 171 g/mol. The Morgan fingerprint density at radius 3 is 2.58 bits per heavy atom. The fraction of sp³-hybridized carbons (Fsp3) is 0.889. The zero-order valence-corrected chi connectivity index (χ0v) is 7.76. The Balaban J connectivity index is 2.36. The van der Waals surface area contributed by atoms with Crippen molar-refractivity contribution >= 4 is 5.91 Å². The molecule has 0 radical (unpaired) electrons. The average Bonchev–Trinajstić information content (AvgIpc) is 2.84. The molecule has 1 amide bonds. The van der Waals surface area contributed by atoms with Gasteiger partial charge < -0.3 is 10.4 Å². The lowest BCUT2D eigenvalue weighted by Crippen LogP contribution is -2.42. The quantitative estimate of drug-likeness (QED) is 0.653. The van der Waals surface area contributed by atoms with Crippen LogP contribution in [0.15, 0.2) is 0 Å². The molecule has 0 aromatic rings. The van der Waals surface area contributed by atoms with Gasteiger partial charge in [0.05, 0.1) is 12.1 Å². The summed E-state index contributed by atoms with van der Waals surface area (Å²) in [5.41, 5.74) is -0.249. The van der Waals surface area contributed by atoms with Gasteiger partial charge in [-0.25, -0.2) is 0 Å². The second kappa shape index (κ2) is 3.44. The maximum atomic E-state index is 11.4. The predicted octanol–water partition coefficient (Wildman–Crippen LogP) is 0.674. The SMILES string of the molecule is CCC(C)C(=O)NC1(CO)CC1. The topological polar surface area (TPSA) is 49.3 Å². The third-order valence-electron chi connectivity index (χ3n) is 2.60. The van der Waals surface area contributed by atoms with E-state index >= 15 is 0 Å². The van der Waals surface area contributed by atoms with Crippen molar-refractivity contribution in [1.82, 2.24) is 5.32 Å². The highest BCUT2D eigenvalue weighted by Crippen LogP contribution is 2.34. The summed E-state index contributed by atoms with van der Waals surface area (Å²) in [6, 6.07) is 0. The molecule has 1 atom stereocenters. The molecule has 12 heavy (non-hydrogen) atoms. The highest BCUT2D eigenvalue weighted by atomic mass is 16.3. The van der Waals surface area contributed by atoms with Crippen LogP contribution in [0.3, 0.4) is 0 Å². The summed E-state index contributed by atoms with van der Waals surface area (Å²) in [6.07, 6.45) is 2.70. The minimum Gasteiger partial charge on any atom is -0.394 e. The van der Waals surface area contributed by atoms with Gasteiger partial charge in [0.25, 0.3) is 0 Å². The molecule has 0 bridgehead atoms. The minimum atomic E-state index is -0.249. The molecule has 0 saturated heterocycles. The zero-order chi connectivity index (χ0) is 9.19. The molecule has 0 aliphatic heterocycles. The van der Waals surface area contributed by atoms with E-state index in [2.05, 4.69) is 5.32 Å². The summed E-state index contributed by atoms with van der Waals surface area (Å²) in [4.78, 5) is 11.4. The third-order valence-corrected chi connectivity index (χ3v) is 2.60. The Labute approximate surface area is 73.2 Å². The van der Waals surface area contributed by atoms with Gasteiger partial charge in [0.15, 0.2) is 0 Å². The summed E-state index contributed by atoms with van der Waals surface area (Å²) < 4.78 is 0. The number of carbonyl (C=O) groups excluding carboxylic acids is 1. The molecule has 1 rings (SSSR count). The van der Waals surface area contributed by atoms with E-state index in [0.29, 0.717) is 0 Å². The summed E-state index contributed by atoms with van der Waals surface area (Å²) in [7, 11) is 0. The van der Waals surface area contributed by atoms with Crippen LogP contribution in [0.2, 0.25) is 0 Å². The number of hydrogen-bond donors (Lipinski definition) is 2.